The molecule has 1 atom stereocenters. The number of nitrogens with one attached hydrogen (secondary N) is 1. The average Bonchev–Trinajstić information content (AvgIpc) is 3.23. The second kappa shape index (κ2) is 4.50. The number of pyridine rings is 1. The second-order valence-corrected chi connectivity index (χ2v) is 5.06. The lowest BCUT2D eigenvalue weighted by Crippen LogP contribution is -2.17. The molecular weight excluding hydrogens is 242 g/mol. The zero-order chi connectivity index (χ0) is 13.4. The van der Waals surface area contributed by atoms with Crippen LogP contribution in [0.15, 0.2) is 30.5 Å². The largest absolute Gasteiger partial charge is 0.381 e. The Balaban J connectivity index is 2.05. The number of rotatable bonds is 4. The summed E-state index contributed by atoms with van der Waals surface area (Å²) in [6.07, 6.45) is 4.18. The van der Waals surface area contributed by atoms with E-state index in [0.29, 0.717) is 22.9 Å². The van der Waals surface area contributed by atoms with Gasteiger partial charge in [0, 0.05) is 18.3 Å². The third-order valence-corrected chi connectivity index (χ3v) is 3.66. The monoisotopic (exact) mass is 257 g/mol. The zero-order valence-electron chi connectivity index (χ0n) is 10.7. The van der Waals surface area contributed by atoms with Crippen LogP contribution in [0, 0.1) is 16.0 Å². The molecule has 5 nitrogen and oxygen atoms in total. The molecule has 1 unspecified atom stereocenters. The molecule has 0 spiro atoms. The minimum atomic E-state index is -0.363. The molecule has 1 aliphatic carbocycles. The van der Waals surface area contributed by atoms with E-state index >= 15 is 0 Å². The fraction of sp³-hybridized carbons (Fsp3) is 0.357. The summed E-state index contributed by atoms with van der Waals surface area (Å²) in [5.41, 5.74) is 1.65. The third kappa shape index (κ3) is 2.23. The van der Waals surface area contributed by atoms with Gasteiger partial charge in [-0.15, -0.1) is 0 Å². The maximum atomic E-state index is 11.0. The summed E-state index contributed by atoms with van der Waals surface area (Å²) in [6.45, 7) is 2.15. The number of aromatic nitrogens is 1. The maximum Gasteiger partial charge on any atom is 0.278 e. The van der Waals surface area contributed by atoms with Crippen molar-refractivity contribution in [1.82, 2.24) is 4.98 Å². The Kier molecular flexibility index (Phi) is 2.81. The predicted octanol–water partition coefficient (Wildman–Crippen LogP) is 3.35. The summed E-state index contributed by atoms with van der Waals surface area (Å²) in [5, 5.41) is 15.0. The number of nitro benzene ring substituents is 1. The first-order valence-corrected chi connectivity index (χ1v) is 6.45. The first kappa shape index (κ1) is 11.9. The van der Waals surface area contributed by atoms with Gasteiger partial charge in [-0.2, -0.15) is 0 Å². The Morgan fingerprint density at radius 2 is 2.21 bits per heavy atom. The molecular formula is C14H15N3O2. The van der Waals surface area contributed by atoms with Crippen LogP contribution >= 0.6 is 0 Å². The molecule has 0 bridgehead atoms. The fourth-order valence-corrected chi connectivity index (χ4v) is 2.39. The van der Waals surface area contributed by atoms with Crippen LogP contribution in [0.25, 0.3) is 10.9 Å². The van der Waals surface area contributed by atoms with Gasteiger partial charge in [-0.1, -0.05) is 0 Å². The number of fused-ring (bicyclic) bond motifs is 1. The molecule has 1 aliphatic rings. The number of hydrogen-bond acceptors (Lipinski definition) is 4. The molecule has 1 fully saturated rings. The highest BCUT2D eigenvalue weighted by Gasteiger charge is 2.28. The highest BCUT2D eigenvalue weighted by molar-refractivity contribution is 5.96. The molecule has 1 heterocycles. The molecule has 98 valence electrons. The molecule has 1 saturated carbocycles. The van der Waals surface area contributed by atoms with Crippen molar-refractivity contribution in [1.29, 1.82) is 0 Å². The summed E-state index contributed by atoms with van der Waals surface area (Å²) in [4.78, 5) is 15.0. The number of benzene rings is 1. The number of hydrogen-bond donors (Lipinski definition) is 1. The summed E-state index contributed by atoms with van der Waals surface area (Å²) in [5.74, 6) is 0.717. The standard InChI is InChI=1S/C14H15N3O2/c1-9(10-4-5-10)16-12-6-7-13(17(18)19)11-3-2-8-15-14(11)12/h2-3,6-10,16H,4-5H2,1H3. The number of nitrogens with zero attached hydrogens (tertiary/aromatic N) is 2. The van der Waals surface area contributed by atoms with Crippen LogP contribution in [-0.4, -0.2) is 15.9 Å². The number of non-ortho nitro benzene ring substituents is 1. The molecule has 1 N–H and O–H groups in total. The van der Waals surface area contributed by atoms with Gasteiger partial charge < -0.3 is 5.32 Å². The Hall–Kier alpha value is -2.17. The van der Waals surface area contributed by atoms with E-state index < -0.39 is 0 Å². The minimum absolute atomic E-state index is 0.104. The van der Waals surface area contributed by atoms with Crippen molar-refractivity contribution in [2.45, 2.75) is 25.8 Å². The summed E-state index contributed by atoms with van der Waals surface area (Å²) in [6, 6.07) is 7.15. The SMILES string of the molecule is CC(Nc1ccc([N+](=O)[O-])c2cccnc12)C1CC1. The van der Waals surface area contributed by atoms with E-state index in [2.05, 4.69) is 17.2 Å². The topological polar surface area (TPSA) is 68.1 Å². The summed E-state index contributed by atoms with van der Waals surface area (Å²) in [7, 11) is 0. The molecule has 1 aromatic carbocycles. The molecule has 0 saturated heterocycles. The van der Waals surface area contributed by atoms with Crippen LogP contribution in [0.4, 0.5) is 11.4 Å². The van der Waals surface area contributed by atoms with E-state index in [1.807, 2.05) is 0 Å². The lowest BCUT2D eigenvalue weighted by atomic mass is 10.1. The van der Waals surface area contributed by atoms with E-state index in [1.165, 1.54) is 12.8 Å². The molecule has 0 aliphatic heterocycles. The molecule has 0 amide bonds. The smallest absolute Gasteiger partial charge is 0.278 e. The quantitative estimate of drug-likeness (QED) is 0.673. The van der Waals surface area contributed by atoms with Crippen molar-refractivity contribution in [3.8, 4) is 0 Å². The Bertz CT molecular complexity index is 638. The van der Waals surface area contributed by atoms with Gasteiger partial charge >= 0.3 is 0 Å². The van der Waals surface area contributed by atoms with E-state index in [9.17, 15) is 10.1 Å². The van der Waals surface area contributed by atoms with Gasteiger partial charge in [0.2, 0.25) is 0 Å². The van der Waals surface area contributed by atoms with Crippen molar-refractivity contribution in [2.75, 3.05) is 5.32 Å². The van der Waals surface area contributed by atoms with Gasteiger partial charge in [0.1, 0.15) is 5.52 Å². The minimum Gasteiger partial charge on any atom is -0.381 e. The Morgan fingerprint density at radius 3 is 2.89 bits per heavy atom. The Morgan fingerprint density at radius 1 is 1.42 bits per heavy atom. The molecule has 19 heavy (non-hydrogen) atoms. The molecule has 3 rings (SSSR count). The summed E-state index contributed by atoms with van der Waals surface area (Å²) >= 11 is 0. The first-order chi connectivity index (χ1) is 9.16. The molecule has 1 aromatic heterocycles. The fourth-order valence-electron chi connectivity index (χ4n) is 2.39. The van der Waals surface area contributed by atoms with Crippen molar-refractivity contribution in [3.63, 3.8) is 0 Å². The highest BCUT2D eigenvalue weighted by Crippen LogP contribution is 2.36. The predicted molar refractivity (Wildman–Crippen MR) is 74.2 cm³/mol. The van der Waals surface area contributed by atoms with Crippen LogP contribution < -0.4 is 5.32 Å². The zero-order valence-corrected chi connectivity index (χ0v) is 10.7. The van der Waals surface area contributed by atoms with E-state index in [4.69, 9.17) is 0 Å². The van der Waals surface area contributed by atoms with Crippen LogP contribution in [0.2, 0.25) is 0 Å². The van der Waals surface area contributed by atoms with Crippen molar-refractivity contribution in [2.24, 2.45) is 5.92 Å². The van der Waals surface area contributed by atoms with Crippen molar-refractivity contribution >= 4 is 22.3 Å². The van der Waals surface area contributed by atoms with Gasteiger partial charge in [0.25, 0.3) is 5.69 Å². The van der Waals surface area contributed by atoms with Gasteiger partial charge in [0.15, 0.2) is 0 Å². The Labute approximate surface area is 110 Å². The van der Waals surface area contributed by atoms with Crippen LogP contribution in [-0.2, 0) is 0 Å². The maximum absolute atomic E-state index is 11.0. The lowest BCUT2D eigenvalue weighted by molar-refractivity contribution is -0.383. The molecule has 2 aromatic rings. The van der Waals surface area contributed by atoms with E-state index in [1.54, 1.807) is 30.5 Å². The molecule has 0 radical (unpaired) electrons. The van der Waals surface area contributed by atoms with Crippen LogP contribution in [0.5, 0.6) is 0 Å². The number of anilines is 1. The lowest BCUT2D eigenvalue weighted by Gasteiger charge is -2.15. The summed E-state index contributed by atoms with van der Waals surface area (Å²) < 4.78 is 0. The van der Waals surface area contributed by atoms with Crippen LogP contribution in [0.1, 0.15) is 19.8 Å². The second-order valence-electron chi connectivity index (χ2n) is 5.06. The average molecular weight is 257 g/mol. The van der Waals surface area contributed by atoms with E-state index in [-0.39, 0.29) is 10.6 Å². The van der Waals surface area contributed by atoms with Gasteiger partial charge in [-0.3, -0.25) is 15.1 Å². The van der Waals surface area contributed by atoms with Gasteiger partial charge in [-0.25, -0.2) is 0 Å². The normalized spacial score (nSPS) is 16.3. The van der Waals surface area contributed by atoms with E-state index in [0.717, 1.165) is 5.69 Å². The third-order valence-electron chi connectivity index (χ3n) is 3.66. The van der Waals surface area contributed by atoms with Gasteiger partial charge in [-0.05, 0) is 43.9 Å². The van der Waals surface area contributed by atoms with Crippen LogP contribution in [0.3, 0.4) is 0 Å². The first-order valence-electron chi connectivity index (χ1n) is 6.45. The molecule has 5 heteroatoms. The van der Waals surface area contributed by atoms with Gasteiger partial charge in [0.05, 0.1) is 16.0 Å². The van der Waals surface area contributed by atoms with Crippen molar-refractivity contribution < 1.29 is 4.92 Å². The van der Waals surface area contributed by atoms with Crippen molar-refractivity contribution in [3.05, 3.63) is 40.6 Å². The number of nitro groups is 1. The highest BCUT2D eigenvalue weighted by atomic mass is 16.6.